The number of carbonyl (C=O) groups excluding carboxylic acids is 1. The summed E-state index contributed by atoms with van der Waals surface area (Å²) in [5.41, 5.74) is 0.360. The van der Waals surface area contributed by atoms with Crippen molar-refractivity contribution < 1.29 is 13.2 Å². The highest BCUT2D eigenvalue weighted by Gasteiger charge is 2.24. The molecule has 0 saturated carbocycles. The van der Waals surface area contributed by atoms with E-state index in [2.05, 4.69) is 14.7 Å². The molecule has 3 heterocycles. The van der Waals surface area contributed by atoms with E-state index in [9.17, 15) is 13.2 Å². The molecule has 1 N–H and O–H groups in total. The van der Waals surface area contributed by atoms with Crippen molar-refractivity contribution in [3.05, 3.63) is 70.7 Å². The van der Waals surface area contributed by atoms with Gasteiger partial charge in [-0.05, 0) is 35.7 Å². The molecule has 1 aliphatic heterocycles. The van der Waals surface area contributed by atoms with Crippen molar-refractivity contribution in [3.8, 4) is 0 Å². The van der Waals surface area contributed by atoms with Crippen molar-refractivity contribution in [2.75, 3.05) is 31.1 Å². The summed E-state index contributed by atoms with van der Waals surface area (Å²) in [5, 5.41) is 1.90. The quantitative estimate of drug-likeness (QED) is 0.626. The number of carbonyl (C=O) groups is 1. The summed E-state index contributed by atoms with van der Waals surface area (Å²) in [6.07, 6.45) is 3.39. The maximum Gasteiger partial charge on any atom is 0.254 e. The Labute approximate surface area is 179 Å². The molecule has 0 unspecified atom stereocenters. The van der Waals surface area contributed by atoms with Gasteiger partial charge in [0.2, 0.25) is 16.0 Å². The third kappa shape index (κ3) is 4.66. The minimum atomic E-state index is -3.71. The van der Waals surface area contributed by atoms with E-state index in [1.165, 1.54) is 23.5 Å². The van der Waals surface area contributed by atoms with E-state index >= 15 is 0 Å². The first kappa shape index (κ1) is 20.5. The number of benzene rings is 1. The van der Waals surface area contributed by atoms with Crippen LogP contribution in [-0.2, 0) is 16.6 Å². The molecule has 30 heavy (non-hydrogen) atoms. The van der Waals surface area contributed by atoms with Gasteiger partial charge in [-0.1, -0.05) is 12.1 Å². The van der Waals surface area contributed by atoms with Crippen molar-refractivity contribution in [2.45, 2.75) is 11.4 Å². The van der Waals surface area contributed by atoms with E-state index < -0.39 is 10.0 Å². The third-order valence-corrected chi connectivity index (χ3v) is 7.08. The van der Waals surface area contributed by atoms with E-state index in [-0.39, 0.29) is 17.3 Å². The average molecular weight is 444 g/mol. The maximum atomic E-state index is 12.9. The Morgan fingerprint density at radius 1 is 1.03 bits per heavy atom. The molecule has 0 aliphatic carbocycles. The topological polar surface area (TPSA) is 95.5 Å². The Balaban J connectivity index is 1.41. The van der Waals surface area contributed by atoms with E-state index in [0.717, 1.165) is 4.88 Å². The molecule has 3 aromatic rings. The van der Waals surface area contributed by atoms with Crippen molar-refractivity contribution >= 4 is 33.2 Å². The van der Waals surface area contributed by atoms with Crippen molar-refractivity contribution in [1.29, 1.82) is 0 Å². The maximum absolute atomic E-state index is 12.9. The van der Waals surface area contributed by atoms with Gasteiger partial charge in [0, 0.05) is 55.6 Å². The summed E-state index contributed by atoms with van der Waals surface area (Å²) in [6.45, 7) is 2.50. The number of piperazine rings is 1. The van der Waals surface area contributed by atoms with Crippen LogP contribution in [0.15, 0.2) is 65.1 Å². The fraction of sp³-hybridized carbons (Fsp3) is 0.250. The van der Waals surface area contributed by atoms with E-state index in [1.54, 1.807) is 35.5 Å². The van der Waals surface area contributed by atoms with Gasteiger partial charge in [0.1, 0.15) is 0 Å². The molecule has 1 aliphatic rings. The van der Waals surface area contributed by atoms with Gasteiger partial charge in [0.25, 0.3) is 5.91 Å². The summed E-state index contributed by atoms with van der Waals surface area (Å²) in [6, 6.07) is 11.7. The van der Waals surface area contributed by atoms with Crippen LogP contribution in [0.5, 0.6) is 0 Å². The zero-order chi connectivity index (χ0) is 21.0. The normalized spacial score (nSPS) is 14.7. The lowest BCUT2D eigenvalue weighted by atomic mass is 10.2. The fourth-order valence-electron chi connectivity index (χ4n) is 3.21. The summed E-state index contributed by atoms with van der Waals surface area (Å²) in [7, 11) is -3.71. The fourth-order valence-corrected chi connectivity index (χ4v) is 4.99. The van der Waals surface area contributed by atoms with Crippen molar-refractivity contribution in [1.82, 2.24) is 19.6 Å². The second-order valence-corrected chi connectivity index (χ2v) is 9.56. The Hall–Kier alpha value is -2.82. The molecule has 1 aromatic carbocycles. The van der Waals surface area contributed by atoms with Gasteiger partial charge >= 0.3 is 0 Å². The van der Waals surface area contributed by atoms with Gasteiger partial charge in [-0.3, -0.25) is 4.79 Å². The van der Waals surface area contributed by atoms with E-state index in [1.807, 2.05) is 22.4 Å². The van der Waals surface area contributed by atoms with Crippen LogP contribution < -0.4 is 9.62 Å². The number of thiophene rings is 1. The number of nitrogens with zero attached hydrogens (tertiary/aromatic N) is 4. The van der Waals surface area contributed by atoms with Crippen LogP contribution in [0.3, 0.4) is 0 Å². The smallest absolute Gasteiger partial charge is 0.254 e. The minimum Gasteiger partial charge on any atom is -0.337 e. The highest BCUT2D eigenvalue weighted by molar-refractivity contribution is 7.89. The number of hydrogen-bond acceptors (Lipinski definition) is 7. The molecule has 0 spiro atoms. The molecule has 2 aromatic heterocycles. The first-order valence-electron chi connectivity index (χ1n) is 9.46. The lowest BCUT2D eigenvalue weighted by Crippen LogP contribution is -2.49. The highest BCUT2D eigenvalue weighted by atomic mass is 32.2. The number of anilines is 1. The predicted octanol–water partition coefficient (Wildman–Crippen LogP) is 1.98. The Morgan fingerprint density at radius 3 is 2.50 bits per heavy atom. The number of hydrogen-bond donors (Lipinski definition) is 1. The summed E-state index contributed by atoms with van der Waals surface area (Å²) in [5.74, 6) is 0.466. The molecule has 1 amide bonds. The first-order valence-corrected chi connectivity index (χ1v) is 11.8. The van der Waals surface area contributed by atoms with Gasteiger partial charge in [-0.25, -0.2) is 23.1 Å². The average Bonchev–Trinajstić information content (AvgIpc) is 3.32. The van der Waals surface area contributed by atoms with Gasteiger partial charge in [0.05, 0.1) is 4.90 Å². The van der Waals surface area contributed by atoms with Gasteiger partial charge in [-0.15, -0.1) is 11.3 Å². The monoisotopic (exact) mass is 443 g/mol. The Bertz CT molecular complexity index is 1100. The Morgan fingerprint density at radius 2 is 1.80 bits per heavy atom. The van der Waals surface area contributed by atoms with E-state index in [4.69, 9.17) is 0 Å². The second-order valence-electron chi connectivity index (χ2n) is 6.76. The molecule has 4 rings (SSSR count). The first-order chi connectivity index (χ1) is 14.5. The molecule has 8 nitrogen and oxygen atoms in total. The zero-order valence-corrected chi connectivity index (χ0v) is 17.8. The molecular formula is C20H21N5O3S2. The molecule has 156 valence electrons. The van der Waals surface area contributed by atoms with Gasteiger partial charge in [0.15, 0.2) is 0 Å². The number of aromatic nitrogens is 2. The van der Waals surface area contributed by atoms with Gasteiger partial charge < -0.3 is 9.80 Å². The molecule has 10 heteroatoms. The lowest BCUT2D eigenvalue weighted by molar-refractivity contribution is 0.0746. The summed E-state index contributed by atoms with van der Waals surface area (Å²) in [4.78, 5) is 26.2. The summed E-state index contributed by atoms with van der Waals surface area (Å²) < 4.78 is 27.8. The SMILES string of the molecule is O=C(c1cccc(S(=O)(=O)NCc2cccs2)c1)N1CCN(c2ncccn2)CC1. The van der Waals surface area contributed by atoms with Crippen LogP contribution in [0.1, 0.15) is 15.2 Å². The van der Waals surface area contributed by atoms with Crippen LogP contribution >= 0.6 is 11.3 Å². The molecule has 1 saturated heterocycles. The standard InChI is InChI=1S/C20H21N5O3S2/c26-19(24-9-11-25(12-10-24)20-21-7-3-8-22-20)16-4-1-6-18(14-16)30(27,28)23-15-17-5-2-13-29-17/h1-8,13-14,23H,9-12,15H2. The van der Waals surface area contributed by atoms with Gasteiger partial charge in [-0.2, -0.15) is 0 Å². The minimum absolute atomic E-state index is 0.0845. The molecule has 0 bridgehead atoms. The van der Waals surface area contributed by atoms with Crippen LogP contribution in [0.4, 0.5) is 5.95 Å². The van der Waals surface area contributed by atoms with Crippen LogP contribution in [-0.4, -0.2) is 55.4 Å². The molecule has 1 fully saturated rings. The molecule has 0 radical (unpaired) electrons. The molecular weight excluding hydrogens is 422 g/mol. The largest absolute Gasteiger partial charge is 0.337 e. The van der Waals surface area contributed by atoms with Crippen molar-refractivity contribution in [3.63, 3.8) is 0 Å². The number of amides is 1. The predicted molar refractivity (Wildman–Crippen MR) is 115 cm³/mol. The lowest BCUT2D eigenvalue weighted by Gasteiger charge is -2.34. The Kier molecular flexibility index (Phi) is 6.07. The van der Waals surface area contributed by atoms with Crippen LogP contribution in [0.2, 0.25) is 0 Å². The highest BCUT2D eigenvalue weighted by Crippen LogP contribution is 2.17. The number of rotatable bonds is 6. The second kappa shape index (κ2) is 8.90. The summed E-state index contributed by atoms with van der Waals surface area (Å²) >= 11 is 1.48. The van der Waals surface area contributed by atoms with E-state index in [0.29, 0.717) is 37.7 Å². The van der Waals surface area contributed by atoms with Crippen molar-refractivity contribution in [2.24, 2.45) is 0 Å². The van der Waals surface area contributed by atoms with Crippen LogP contribution in [0.25, 0.3) is 0 Å². The van der Waals surface area contributed by atoms with Crippen LogP contribution in [0, 0.1) is 0 Å². The number of nitrogens with one attached hydrogen (secondary N) is 1. The molecule has 0 atom stereocenters. The zero-order valence-electron chi connectivity index (χ0n) is 16.1. The third-order valence-electron chi connectivity index (χ3n) is 4.81. The number of sulfonamides is 1.